The largest absolute Gasteiger partial charge is 0.481 e. The first-order valence-electron chi connectivity index (χ1n) is 7.83. The molecule has 0 aromatic carbocycles. The molecule has 1 saturated heterocycles. The standard InChI is InChI=1S/C16H21NO3S2/c18-14(19)4-3-11-2-1-7-17(10-11)16(20)15-12-5-8-21-13(12)6-9-22-15/h5,8,11,15H,1-4,6-7,9-10H2,(H,18,19)/t11-,15+/m1/s1. The molecule has 1 amide bonds. The highest BCUT2D eigenvalue weighted by molar-refractivity contribution is 8.00. The number of hydrogen-bond acceptors (Lipinski definition) is 4. The second-order valence-electron chi connectivity index (χ2n) is 6.02. The number of amides is 1. The SMILES string of the molecule is O=C(O)CC[C@H]1CCCN(C(=O)[C@H]2SCCc3sccc32)C1. The van der Waals surface area contributed by atoms with Gasteiger partial charge in [-0.2, -0.15) is 0 Å². The monoisotopic (exact) mass is 339 g/mol. The summed E-state index contributed by atoms with van der Waals surface area (Å²) in [5, 5.41) is 10.9. The van der Waals surface area contributed by atoms with Crippen LogP contribution in [0.3, 0.4) is 0 Å². The molecule has 120 valence electrons. The van der Waals surface area contributed by atoms with E-state index in [0.717, 1.165) is 38.1 Å². The number of aryl methyl sites for hydroxylation is 1. The molecular formula is C16H21NO3S2. The van der Waals surface area contributed by atoms with Crippen LogP contribution in [-0.2, 0) is 16.0 Å². The Morgan fingerprint density at radius 1 is 1.41 bits per heavy atom. The van der Waals surface area contributed by atoms with E-state index >= 15 is 0 Å². The fraction of sp³-hybridized carbons (Fsp3) is 0.625. The minimum absolute atomic E-state index is 0.0479. The van der Waals surface area contributed by atoms with Crippen LogP contribution in [0, 0.1) is 5.92 Å². The maximum absolute atomic E-state index is 12.9. The number of aliphatic carboxylic acids is 1. The molecular weight excluding hydrogens is 318 g/mol. The molecule has 0 unspecified atom stereocenters. The molecule has 0 spiro atoms. The predicted molar refractivity (Wildman–Crippen MR) is 89.4 cm³/mol. The number of thiophene rings is 1. The van der Waals surface area contributed by atoms with E-state index in [0.29, 0.717) is 12.3 Å². The summed E-state index contributed by atoms with van der Waals surface area (Å²) in [7, 11) is 0. The van der Waals surface area contributed by atoms with Crippen molar-refractivity contribution in [3.05, 3.63) is 21.9 Å². The second-order valence-corrected chi connectivity index (χ2v) is 8.24. The maximum Gasteiger partial charge on any atom is 0.303 e. The van der Waals surface area contributed by atoms with Crippen LogP contribution in [0.25, 0.3) is 0 Å². The van der Waals surface area contributed by atoms with E-state index in [4.69, 9.17) is 5.11 Å². The number of piperidine rings is 1. The highest BCUT2D eigenvalue weighted by Crippen LogP contribution is 2.41. The lowest BCUT2D eigenvalue weighted by Gasteiger charge is -2.35. The van der Waals surface area contributed by atoms with Crippen LogP contribution in [0.2, 0.25) is 0 Å². The number of nitrogens with zero attached hydrogens (tertiary/aromatic N) is 1. The highest BCUT2D eigenvalue weighted by atomic mass is 32.2. The van der Waals surface area contributed by atoms with Gasteiger partial charge < -0.3 is 10.0 Å². The van der Waals surface area contributed by atoms with Gasteiger partial charge in [0.2, 0.25) is 5.91 Å². The van der Waals surface area contributed by atoms with Crippen molar-refractivity contribution in [2.75, 3.05) is 18.8 Å². The number of likely N-dealkylation sites (tertiary alicyclic amines) is 1. The van der Waals surface area contributed by atoms with Crippen LogP contribution in [0.4, 0.5) is 0 Å². The third-order valence-electron chi connectivity index (χ3n) is 4.50. The zero-order valence-corrected chi connectivity index (χ0v) is 14.1. The molecule has 2 atom stereocenters. The molecule has 22 heavy (non-hydrogen) atoms. The summed E-state index contributed by atoms with van der Waals surface area (Å²) >= 11 is 3.51. The van der Waals surface area contributed by atoms with E-state index in [1.807, 2.05) is 4.90 Å². The fourth-order valence-electron chi connectivity index (χ4n) is 3.35. The van der Waals surface area contributed by atoms with Crippen molar-refractivity contribution in [2.24, 2.45) is 5.92 Å². The molecule has 3 rings (SSSR count). The smallest absolute Gasteiger partial charge is 0.303 e. The third-order valence-corrected chi connectivity index (χ3v) is 6.72. The van der Waals surface area contributed by atoms with Crippen molar-refractivity contribution in [1.82, 2.24) is 4.90 Å². The van der Waals surface area contributed by atoms with Crippen LogP contribution in [-0.4, -0.2) is 40.7 Å². The summed E-state index contributed by atoms with van der Waals surface area (Å²) in [5.74, 6) is 0.836. The van der Waals surface area contributed by atoms with Gasteiger partial charge in [0.15, 0.2) is 0 Å². The van der Waals surface area contributed by atoms with Gasteiger partial charge in [-0.1, -0.05) is 0 Å². The van der Waals surface area contributed by atoms with Crippen LogP contribution in [0.1, 0.15) is 41.4 Å². The Balaban J connectivity index is 1.64. The highest BCUT2D eigenvalue weighted by Gasteiger charge is 2.33. The van der Waals surface area contributed by atoms with Gasteiger partial charge in [0.05, 0.1) is 0 Å². The van der Waals surface area contributed by atoms with Crippen LogP contribution in [0.5, 0.6) is 0 Å². The Labute approximate surface area is 138 Å². The molecule has 1 aromatic heterocycles. The van der Waals surface area contributed by atoms with Gasteiger partial charge in [0.25, 0.3) is 0 Å². The van der Waals surface area contributed by atoms with Crippen LogP contribution >= 0.6 is 23.1 Å². The van der Waals surface area contributed by atoms with Gasteiger partial charge >= 0.3 is 5.97 Å². The van der Waals surface area contributed by atoms with Gasteiger partial charge in [-0.15, -0.1) is 23.1 Å². The van der Waals surface area contributed by atoms with E-state index < -0.39 is 5.97 Å². The first-order chi connectivity index (χ1) is 10.6. The van der Waals surface area contributed by atoms with Gasteiger partial charge in [-0.25, -0.2) is 0 Å². The normalized spacial score (nSPS) is 24.8. The van der Waals surface area contributed by atoms with Crippen molar-refractivity contribution >= 4 is 35.0 Å². The first-order valence-corrected chi connectivity index (χ1v) is 9.76. The molecule has 6 heteroatoms. The summed E-state index contributed by atoms with van der Waals surface area (Å²) < 4.78 is 0. The van der Waals surface area contributed by atoms with Gasteiger partial charge in [0, 0.05) is 24.4 Å². The molecule has 0 bridgehead atoms. The first kappa shape index (κ1) is 15.9. The van der Waals surface area contributed by atoms with Crippen molar-refractivity contribution in [2.45, 2.75) is 37.4 Å². The van der Waals surface area contributed by atoms with Crippen molar-refractivity contribution in [1.29, 1.82) is 0 Å². The lowest BCUT2D eigenvalue weighted by Crippen LogP contribution is -2.42. The van der Waals surface area contributed by atoms with E-state index in [-0.39, 0.29) is 17.6 Å². The van der Waals surface area contributed by atoms with Gasteiger partial charge in [0.1, 0.15) is 5.25 Å². The van der Waals surface area contributed by atoms with E-state index in [9.17, 15) is 9.59 Å². The average Bonchev–Trinajstić information content (AvgIpc) is 3.01. The maximum atomic E-state index is 12.9. The minimum atomic E-state index is -0.741. The number of carbonyl (C=O) groups excluding carboxylic acids is 1. The molecule has 4 nitrogen and oxygen atoms in total. The van der Waals surface area contributed by atoms with E-state index in [1.165, 1.54) is 10.4 Å². The van der Waals surface area contributed by atoms with Crippen molar-refractivity contribution in [3.8, 4) is 0 Å². The lowest BCUT2D eigenvalue weighted by atomic mass is 9.93. The Kier molecular flexibility index (Phi) is 5.08. The predicted octanol–water partition coefficient (Wildman–Crippen LogP) is 3.18. The number of carboxylic acid groups (broad SMARTS) is 1. The second kappa shape index (κ2) is 7.04. The molecule has 1 aromatic rings. The Morgan fingerprint density at radius 3 is 3.09 bits per heavy atom. The van der Waals surface area contributed by atoms with Crippen LogP contribution in [0.15, 0.2) is 11.4 Å². The van der Waals surface area contributed by atoms with E-state index in [1.54, 1.807) is 23.1 Å². The minimum Gasteiger partial charge on any atom is -0.481 e. The summed E-state index contributed by atoms with van der Waals surface area (Å²) in [6, 6.07) is 2.10. The molecule has 0 radical (unpaired) electrons. The molecule has 2 aliphatic heterocycles. The zero-order chi connectivity index (χ0) is 15.5. The van der Waals surface area contributed by atoms with Crippen LogP contribution < -0.4 is 0 Å². The van der Waals surface area contributed by atoms with Gasteiger partial charge in [-0.3, -0.25) is 9.59 Å². The average molecular weight is 339 g/mol. The Hall–Kier alpha value is -1.01. The summed E-state index contributed by atoms with van der Waals surface area (Å²) in [4.78, 5) is 27.0. The molecule has 0 saturated carbocycles. The van der Waals surface area contributed by atoms with Crippen molar-refractivity contribution < 1.29 is 14.7 Å². The summed E-state index contributed by atoms with van der Waals surface area (Å²) in [5.41, 5.74) is 1.21. The zero-order valence-electron chi connectivity index (χ0n) is 12.5. The number of fused-ring (bicyclic) bond motifs is 1. The summed E-state index contributed by atoms with van der Waals surface area (Å²) in [6.07, 6.45) is 3.99. The Morgan fingerprint density at radius 2 is 2.27 bits per heavy atom. The molecule has 2 aliphatic rings. The third kappa shape index (κ3) is 3.49. The van der Waals surface area contributed by atoms with Crippen molar-refractivity contribution in [3.63, 3.8) is 0 Å². The molecule has 1 N–H and O–H groups in total. The number of rotatable bonds is 4. The van der Waals surface area contributed by atoms with Gasteiger partial charge in [-0.05, 0) is 54.4 Å². The molecule has 1 fully saturated rings. The Bertz CT molecular complexity index is 557. The number of carboxylic acids is 1. The molecule has 0 aliphatic carbocycles. The fourth-order valence-corrected chi connectivity index (χ4v) is 5.72. The van der Waals surface area contributed by atoms with E-state index in [2.05, 4.69) is 11.4 Å². The topological polar surface area (TPSA) is 57.6 Å². The summed E-state index contributed by atoms with van der Waals surface area (Å²) in [6.45, 7) is 1.54. The number of carbonyl (C=O) groups is 2. The number of hydrogen-bond donors (Lipinski definition) is 1. The number of thioether (sulfide) groups is 1. The quantitative estimate of drug-likeness (QED) is 0.915. The molecule has 3 heterocycles. The lowest BCUT2D eigenvalue weighted by molar-refractivity contribution is -0.137.